The Hall–Kier alpha value is -4.57. The largest absolute Gasteiger partial charge is 0.345 e. The molecule has 11 heteroatoms. The summed E-state index contributed by atoms with van der Waals surface area (Å²) in [7, 11) is 0. The Morgan fingerprint density at radius 3 is 2.71 bits per heavy atom. The van der Waals surface area contributed by atoms with Crippen molar-refractivity contribution in [1.29, 1.82) is 0 Å². The summed E-state index contributed by atoms with van der Waals surface area (Å²) in [5.41, 5.74) is 1.61. The summed E-state index contributed by atoms with van der Waals surface area (Å²) in [5, 5.41) is 16.3. The molecular weight excluding hydrogens is 473 g/mol. The summed E-state index contributed by atoms with van der Waals surface area (Å²) in [6.07, 6.45) is 4.44. The van der Waals surface area contributed by atoms with Gasteiger partial charge in [-0.05, 0) is 36.4 Å². The number of nitrogens with one attached hydrogen (secondary N) is 3. The summed E-state index contributed by atoms with van der Waals surface area (Å²) >= 11 is 6.26. The number of rotatable bonds is 8. The highest BCUT2D eigenvalue weighted by Gasteiger charge is 2.20. The van der Waals surface area contributed by atoms with Gasteiger partial charge in [0.05, 0.1) is 28.5 Å². The van der Waals surface area contributed by atoms with Crippen molar-refractivity contribution >= 4 is 34.9 Å². The zero-order valence-corrected chi connectivity index (χ0v) is 19.0. The number of carbonyl (C=O) groups excluding carboxylic acids is 2. The molecule has 0 unspecified atom stereocenters. The summed E-state index contributed by atoms with van der Waals surface area (Å²) in [5.74, 6) is -1.45. The predicted molar refractivity (Wildman–Crippen MR) is 130 cm³/mol. The fourth-order valence-corrected chi connectivity index (χ4v) is 3.37. The van der Waals surface area contributed by atoms with Gasteiger partial charge in [0.25, 0.3) is 11.8 Å². The number of H-pyrrole nitrogens is 1. The second-order valence-electron chi connectivity index (χ2n) is 7.27. The highest BCUT2D eigenvalue weighted by molar-refractivity contribution is 6.34. The van der Waals surface area contributed by atoms with Crippen molar-refractivity contribution in [2.75, 3.05) is 5.32 Å². The molecule has 176 valence electrons. The zero-order chi connectivity index (χ0) is 24.9. The average Bonchev–Trinajstić information content (AvgIpc) is 3.53. The second kappa shape index (κ2) is 10.1. The first-order chi connectivity index (χ1) is 16.9. The van der Waals surface area contributed by atoms with Crippen molar-refractivity contribution in [3.8, 4) is 11.3 Å². The van der Waals surface area contributed by atoms with Crippen molar-refractivity contribution in [2.45, 2.75) is 6.54 Å². The van der Waals surface area contributed by atoms with Gasteiger partial charge in [-0.15, -0.1) is 0 Å². The third kappa shape index (κ3) is 5.17. The van der Waals surface area contributed by atoms with Crippen LogP contribution in [0.15, 0.2) is 74.1 Å². The van der Waals surface area contributed by atoms with Crippen LogP contribution in [0, 0.1) is 5.82 Å². The summed E-state index contributed by atoms with van der Waals surface area (Å²) in [6.45, 7) is 7.70. The van der Waals surface area contributed by atoms with Crippen LogP contribution < -0.4 is 10.6 Å². The molecule has 35 heavy (non-hydrogen) atoms. The Balaban J connectivity index is 1.60. The number of allylic oxidation sites excluding steroid dienone is 2. The number of benzene rings is 1. The monoisotopic (exact) mass is 491 g/mol. The van der Waals surface area contributed by atoms with E-state index in [1.165, 1.54) is 47.3 Å². The fraction of sp³-hybridized carbons (Fsp3) is 0.0417. The highest BCUT2D eigenvalue weighted by Crippen LogP contribution is 2.27. The number of halogens is 2. The van der Waals surface area contributed by atoms with Crippen LogP contribution in [0.5, 0.6) is 0 Å². The van der Waals surface area contributed by atoms with Gasteiger partial charge in [-0.2, -0.15) is 10.2 Å². The quantitative estimate of drug-likeness (QED) is 0.318. The van der Waals surface area contributed by atoms with E-state index in [2.05, 4.69) is 44.1 Å². The van der Waals surface area contributed by atoms with Crippen LogP contribution in [-0.2, 0) is 6.54 Å². The van der Waals surface area contributed by atoms with E-state index in [-0.39, 0.29) is 34.3 Å². The number of pyridine rings is 1. The van der Waals surface area contributed by atoms with Gasteiger partial charge >= 0.3 is 0 Å². The molecule has 0 saturated carbocycles. The van der Waals surface area contributed by atoms with Crippen LogP contribution in [-0.4, -0.2) is 36.8 Å². The van der Waals surface area contributed by atoms with Gasteiger partial charge < -0.3 is 10.6 Å². The lowest BCUT2D eigenvalue weighted by Crippen LogP contribution is -2.23. The highest BCUT2D eigenvalue weighted by atomic mass is 35.5. The maximum absolute atomic E-state index is 14.2. The van der Waals surface area contributed by atoms with Gasteiger partial charge in [0.2, 0.25) is 0 Å². The predicted octanol–water partition coefficient (Wildman–Crippen LogP) is 4.30. The molecule has 0 aliphatic heterocycles. The maximum atomic E-state index is 14.2. The first kappa shape index (κ1) is 23.6. The van der Waals surface area contributed by atoms with Gasteiger partial charge in [-0.3, -0.25) is 19.7 Å². The molecule has 1 aromatic carbocycles. The Kier molecular flexibility index (Phi) is 6.83. The maximum Gasteiger partial charge on any atom is 0.272 e. The molecule has 4 rings (SSSR count). The minimum atomic E-state index is -0.601. The number of hydrogen-bond donors (Lipinski definition) is 3. The number of amides is 2. The molecule has 0 saturated heterocycles. The summed E-state index contributed by atoms with van der Waals surface area (Å²) in [6, 6.07) is 10.3. The van der Waals surface area contributed by atoms with Gasteiger partial charge in [0.1, 0.15) is 17.3 Å². The standard InChI is InChI=1S/C24H19ClFN7O2/c1-3-14(2)33-21(12-20(32-33)24(35)28-13-16-8-10-29-31-16)30-23(34)17-11-15(6-7-18(17)25)22-19(26)5-4-9-27-22/h3-12H,1-2,13H2,(H,28,35)(H,29,31)(H,30,34). The van der Waals surface area contributed by atoms with E-state index >= 15 is 0 Å². The first-order valence-electron chi connectivity index (χ1n) is 10.3. The lowest BCUT2D eigenvalue weighted by Gasteiger charge is -2.11. The Morgan fingerprint density at radius 2 is 2.00 bits per heavy atom. The van der Waals surface area contributed by atoms with E-state index in [0.717, 1.165) is 0 Å². The van der Waals surface area contributed by atoms with E-state index < -0.39 is 17.6 Å². The summed E-state index contributed by atoms with van der Waals surface area (Å²) < 4.78 is 15.5. The molecule has 0 fully saturated rings. The molecule has 9 nitrogen and oxygen atoms in total. The van der Waals surface area contributed by atoms with E-state index in [1.54, 1.807) is 18.3 Å². The van der Waals surface area contributed by atoms with Crippen molar-refractivity contribution < 1.29 is 14.0 Å². The average molecular weight is 492 g/mol. The lowest BCUT2D eigenvalue weighted by molar-refractivity contribution is 0.0944. The van der Waals surface area contributed by atoms with Gasteiger partial charge in [0, 0.05) is 24.0 Å². The molecule has 2 amide bonds. The molecule has 0 aliphatic rings. The van der Waals surface area contributed by atoms with Crippen LogP contribution in [0.1, 0.15) is 26.5 Å². The SMILES string of the molecule is C=CC(=C)n1nc(C(=O)NCc2ccn[nH]2)cc1NC(=O)c1cc(-c2ncccc2F)ccc1Cl. The van der Waals surface area contributed by atoms with Crippen LogP contribution in [0.25, 0.3) is 17.0 Å². The first-order valence-corrected chi connectivity index (χ1v) is 10.6. The van der Waals surface area contributed by atoms with Gasteiger partial charge in [0.15, 0.2) is 5.69 Å². The van der Waals surface area contributed by atoms with Gasteiger partial charge in [-0.25, -0.2) is 9.07 Å². The molecular formula is C24H19ClFN7O2. The van der Waals surface area contributed by atoms with Crippen LogP contribution in [0.2, 0.25) is 5.02 Å². The molecule has 0 radical (unpaired) electrons. The topological polar surface area (TPSA) is 118 Å². The van der Waals surface area contributed by atoms with Crippen molar-refractivity contribution in [2.24, 2.45) is 0 Å². The minimum Gasteiger partial charge on any atom is -0.345 e. The Labute approximate surface area is 204 Å². The number of hydrogen-bond acceptors (Lipinski definition) is 5. The minimum absolute atomic E-state index is 0.0400. The fourth-order valence-electron chi connectivity index (χ4n) is 3.16. The van der Waals surface area contributed by atoms with E-state index in [1.807, 2.05) is 0 Å². The third-order valence-corrected chi connectivity index (χ3v) is 5.26. The van der Waals surface area contributed by atoms with Crippen molar-refractivity contribution in [3.05, 3.63) is 102 Å². The van der Waals surface area contributed by atoms with Crippen LogP contribution in [0.4, 0.5) is 10.2 Å². The number of aromatic amines is 1. The second-order valence-corrected chi connectivity index (χ2v) is 7.68. The summed E-state index contributed by atoms with van der Waals surface area (Å²) in [4.78, 5) is 29.7. The Morgan fingerprint density at radius 1 is 1.17 bits per heavy atom. The number of aromatic nitrogens is 5. The van der Waals surface area contributed by atoms with Crippen LogP contribution >= 0.6 is 11.6 Å². The van der Waals surface area contributed by atoms with Gasteiger partial charge in [-0.1, -0.05) is 30.8 Å². The number of nitrogens with zero attached hydrogens (tertiary/aromatic N) is 4. The normalized spacial score (nSPS) is 10.6. The molecule has 3 N–H and O–H groups in total. The van der Waals surface area contributed by atoms with E-state index in [0.29, 0.717) is 17.0 Å². The smallest absolute Gasteiger partial charge is 0.272 e. The van der Waals surface area contributed by atoms with Crippen molar-refractivity contribution in [1.82, 2.24) is 30.3 Å². The molecule has 3 heterocycles. The molecule has 0 spiro atoms. The molecule has 3 aromatic heterocycles. The molecule has 0 bridgehead atoms. The van der Waals surface area contributed by atoms with E-state index in [4.69, 9.17) is 11.6 Å². The van der Waals surface area contributed by atoms with Crippen LogP contribution in [0.3, 0.4) is 0 Å². The molecule has 0 aliphatic carbocycles. The van der Waals surface area contributed by atoms with E-state index in [9.17, 15) is 14.0 Å². The lowest BCUT2D eigenvalue weighted by atomic mass is 10.1. The number of anilines is 1. The number of carbonyl (C=O) groups is 2. The Bertz CT molecular complexity index is 1430. The molecule has 4 aromatic rings. The van der Waals surface area contributed by atoms with Crippen molar-refractivity contribution in [3.63, 3.8) is 0 Å². The molecule has 0 atom stereocenters. The third-order valence-electron chi connectivity index (χ3n) is 4.93. The zero-order valence-electron chi connectivity index (χ0n) is 18.3.